The van der Waals surface area contributed by atoms with Crippen LogP contribution < -0.4 is 14.4 Å². The van der Waals surface area contributed by atoms with Crippen molar-refractivity contribution < 1.29 is 22.7 Å². The zero-order valence-electron chi connectivity index (χ0n) is 21.3. The van der Waals surface area contributed by atoms with Gasteiger partial charge in [0.25, 0.3) is 0 Å². The lowest BCUT2D eigenvalue weighted by Gasteiger charge is -2.31. The predicted octanol–water partition coefficient (Wildman–Crippen LogP) is 3.49. The molecule has 0 radical (unpaired) electrons. The molecule has 0 heterocycles. The van der Waals surface area contributed by atoms with Gasteiger partial charge < -0.3 is 15.0 Å². The van der Waals surface area contributed by atoms with Gasteiger partial charge in [0.15, 0.2) is 0 Å². The molecule has 0 saturated heterocycles. The molecule has 0 aliphatic rings. The van der Waals surface area contributed by atoms with Gasteiger partial charge in [-0.05, 0) is 56.5 Å². The van der Waals surface area contributed by atoms with Crippen molar-refractivity contribution in [1.82, 2.24) is 10.2 Å². The Labute approximate surface area is 209 Å². The summed E-state index contributed by atoms with van der Waals surface area (Å²) in [7, 11) is -2.00. The Morgan fingerprint density at radius 2 is 1.66 bits per heavy atom. The van der Waals surface area contributed by atoms with E-state index >= 15 is 0 Å². The third kappa shape index (κ3) is 8.28. The van der Waals surface area contributed by atoms with E-state index in [4.69, 9.17) is 4.74 Å². The van der Waals surface area contributed by atoms with Crippen LogP contribution in [0.25, 0.3) is 0 Å². The van der Waals surface area contributed by atoms with Gasteiger partial charge in [-0.25, -0.2) is 8.42 Å². The quantitative estimate of drug-likeness (QED) is 0.451. The van der Waals surface area contributed by atoms with Crippen molar-refractivity contribution in [2.45, 2.75) is 52.6 Å². The van der Waals surface area contributed by atoms with Crippen LogP contribution in [-0.2, 0) is 26.2 Å². The zero-order chi connectivity index (χ0) is 26.0. The van der Waals surface area contributed by atoms with Crippen LogP contribution >= 0.6 is 0 Å². The minimum absolute atomic E-state index is 0.115. The van der Waals surface area contributed by atoms with Crippen LogP contribution in [0.1, 0.15) is 44.2 Å². The number of aryl methyl sites for hydroxylation is 1. The summed E-state index contributed by atoms with van der Waals surface area (Å²) in [5.74, 6) is 0.249. The summed E-state index contributed by atoms with van der Waals surface area (Å²) in [4.78, 5) is 27.7. The van der Waals surface area contributed by atoms with Crippen LogP contribution in [-0.4, -0.2) is 57.6 Å². The second kappa shape index (κ2) is 13.1. The molecule has 192 valence electrons. The Morgan fingerprint density at radius 3 is 2.17 bits per heavy atom. The monoisotopic (exact) mass is 503 g/mol. The zero-order valence-corrected chi connectivity index (χ0v) is 22.1. The lowest BCUT2D eigenvalue weighted by atomic mass is 10.1. The first-order valence-corrected chi connectivity index (χ1v) is 13.7. The molecule has 8 nitrogen and oxygen atoms in total. The smallest absolute Gasteiger partial charge is 0.242 e. The number of rotatable bonds is 13. The SMILES string of the molecule is CCNC(=O)[C@H](CC)N(Cc1ccc(C)cc1)C(=O)CCCN(c1ccc(OC)cc1)S(C)(=O)=O. The van der Waals surface area contributed by atoms with E-state index in [1.54, 1.807) is 36.3 Å². The molecule has 1 atom stereocenters. The summed E-state index contributed by atoms with van der Waals surface area (Å²) in [6.45, 7) is 6.65. The van der Waals surface area contributed by atoms with Gasteiger partial charge in [-0.3, -0.25) is 13.9 Å². The number of nitrogens with zero attached hydrogens (tertiary/aromatic N) is 2. The van der Waals surface area contributed by atoms with Crippen LogP contribution in [0, 0.1) is 6.92 Å². The molecule has 0 unspecified atom stereocenters. The van der Waals surface area contributed by atoms with E-state index in [0.29, 0.717) is 37.4 Å². The summed E-state index contributed by atoms with van der Waals surface area (Å²) in [5, 5.41) is 2.82. The number of hydrogen-bond donors (Lipinski definition) is 1. The molecule has 0 aliphatic carbocycles. The molecule has 0 saturated carbocycles. The van der Waals surface area contributed by atoms with E-state index in [9.17, 15) is 18.0 Å². The van der Waals surface area contributed by atoms with Crippen molar-refractivity contribution in [1.29, 1.82) is 0 Å². The second-order valence-corrected chi connectivity index (χ2v) is 10.4. The third-order valence-electron chi connectivity index (χ3n) is 5.72. The normalized spacial score (nSPS) is 12.0. The summed E-state index contributed by atoms with van der Waals surface area (Å²) in [6, 6.07) is 14.0. The van der Waals surface area contributed by atoms with Crippen molar-refractivity contribution in [3.8, 4) is 5.75 Å². The number of anilines is 1. The van der Waals surface area contributed by atoms with E-state index < -0.39 is 16.1 Å². The fourth-order valence-electron chi connectivity index (χ4n) is 3.85. The van der Waals surface area contributed by atoms with Crippen LogP contribution in [0.5, 0.6) is 5.75 Å². The number of ether oxygens (including phenoxy) is 1. The Morgan fingerprint density at radius 1 is 1.03 bits per heavy atom. The number of carbonyl (C=O) groups is 2. The van der Waals surface area contributed by atoms with Crippen molar-refractivity contribution in [2.24, 2.45) is 0 Å². The highest BCUT2D eigenvalue weighted by molar-refractivity contribution is 7.92. The van der Waals surface area contributed by atoms with Gasteiger partial charge in [-0.2, -0.15) is 0 Å². The summed E-state index contributed by atoms with van der Waals surface area (Å²) >= 11 is 0. The number of methoxy groups -OCH3 is 1. The first-order valence-electron chi connectivity index (χ1n) is 11.8. The molecule has 0 aromatic heterocycles. The van der Waals surface area contributed by atoms with Crippen molar-refractivity contribution in [3.05, 3.63) is 59.7 Å². The molecule has 0 fully saturated rings. The van der Waals surface area contributed by atoms with E-state index in [2.05, 4.69) is 5.32 Å². The molecule has 2 aromatic carbocycles. The molecular formula is C26H37N3O5S. The van der Waals surface area contributed by atoms with Crippen LogP contribution in [0.2, 0.25) is 0 Å². The van der Waals surface area contributed by atoms with Crippen LogP contribution in [0.3, 0.4) is 0 Å². The first-order chi connectivity index (χ1) is 16.6. The molecule has 0 spiro atoms. The van der Waals surface area contributed by atoms with Gasteiger partial charge in [0, 0.05) is 26.1 Å². The number of nitrogens with one attached hydrogen (secondary N) is 1. The van der Waals surface area contributed by atoms with Gasteiger partial charge in [0.05, 0.1) is 19.1 Å². The lowest BCUT2D eigenvalue weighted by molar-refractivity contribution is -0.141. The predicted molar refractivity (Wildman–Crippen MR) is 139 cm³/mol. The standard InChI is InChI=1S/C26H37N3O5S/c1-6-24(26(31)27-7-2)28(19-21-12-10-20(3)11-13-21)25(30)9-8-18-29(35(5,32)33)22-14-16-23(34-4)17-15-22/h10-17,24H,6-9,18-19H2,1-5H3,(H,27,31)/t24-/m0/s1. The molecule has 1 N–H and O–H groups in total. The van der Waals surface area contributed by atoms with Crippen LogP contribution in [0.15, 0.2) is 48.5 Å². The van der Waals surface area contributed by atoms with Gasteiger partial charge in [-0.1, -0.05) is 36.8 Å². The third-order valence-corrected chi connectivity index (χ3v) is 6.92. The first kappa shape index (κ1) is 28.2. The molecule has 2 amide bonds. The Kier molecular flexibility index (Phi) is 10.6. The van der Waals surface area contributed by atoms with E-state index in [0.717, 1.165) is 17.4 Å². The van der Waals surface area contributed by atoms with Crippen molar-refractivity contribution >= 4 is 27.5 Å². The molecule has 0 aliphatic heterocycles. The highest BCUT2D eigenvalue weighted by Crippen LogP contribution is 2.22. The molecule has 2 rings (SSSR count). The maximum Gasteiger partial charge on any atom is 0.242 e. The number of sulfonamides is 1. The summed E-state index contributed by atoms with van der Waals surface area (Å²) < 4.78 is 31.3. The maximum atomic E-state index is 13.3. The molecule has 35 heavy (non-hydrogen) atoms. The highest BCUT2D eigenvalue weighted by atomic mass is 32.2. The number of hydrogen-bond acceptors (Lipinski definition) is 5. The van der Waals surface area contributed by atoms with E-state index in [1.165, 1.54) is 4.31 Å². The summed E-state index contributed by atoms with van der Waals surface area (Å²) in [6.07, 6.45) is 2.05. The highest BCUT2D eigenvalue weighted by Gasteiger charge is 2.28. The Balaban J connectivity index is 2.18. The maximum absolute atomic E-state index is 13.3. The minimum Gasteiger partial charge on any atom is -0.497 e. The fraction of sp³-hybridized carbons (Fsp3) is 0.462. The van der Waals surface area contributed by atoms with Gasteiger partial charge in [-0.15, -0.1) is 0 Å². The van der Waals surface area contributed by atoms with E-state index in [1.807, 2.05) is 45.0 Å². The number of benzene rings is 2. The molecule has 2 aromatic rings. The molecular weight excluding hydrogens is 466 g/mol. The van der Waals surface area contributed by atoms with Gasteiger partial charge in [0.1, 0.15) is 11.8 Å². The average Bonchev–Trinajstić information content (AvgIpc) is 2.82. The minimum atomic E-state index is -3.55. The van der Waals surface area contributed by atoms with Gasteiger partial charge >= 0.3 is 0 Å². The topological polar surface area (TPSA) is 96.0 Å². The van der Waals surface area contributed by atoms with E-state index in [-0.39, 0.29) is 24.8 Å². The fourth-order valence-corrected chi connectivity index (χ4v) is 4.82. The molecule has 9 heteroatoms. The van der Waals surface area contributed by atoms with Crippen molar-refractivity contribution in [3.63, 3.8) is 0 Å². The molecule has 0 bridgehead atoms. The second-order valence-electron chi connectivity index (χ2n) is 8.46. The lowest BCUT2D eigenvalue weighted by Crippen LogP contribution is -2.49. The number of likely N-dealkylation sites (N-methyl/N-ethyl adjacent to an activating group) is 1. The number of amides is 2. The average molecular weight is 504 g/mol. The largest absolute Gasteiger partial charge is 0.497 e. The number of carbonyl (C=O) groups excluding carboxylic acids is 2. The van der Waals surface area contributed by atoms with Crippen molar-refractivity contribution in [2.75, 3.05) is 30.8 Å². The Hall–Kier alpha value is -3.07. The summed E-state index contributed by atoms with van der Waals surface area (Å²) in [5.41, 5.74) is 2.55. The van der Waals surface area contributed by atoms with Crippen LogP contribution in [0.4, 0.5) is 5.69 Å². The van der Waals surface area contributed by atoms with Gasteiger partial charge in [0.2, 0.25) is 21.8 Å². The Bertz CT molecular complexity index is 1070.